The normalized spacial score (nSPS) is 11.8. The molecule has 4 N–H and O–H groups in total. The predicted molar refractivity (Wildman–Crippen MR) is 120 cm³/mol. The lowest BCUT2D eigenvalue weighted by molar-refractivity contribution is -0.137. The van der Waals surface area contributed by atoms with Gasteiger partial charge in [-0.05, 0) is 55.5 Å². The average molecular weight is 477 g/mol. The van der Waals surface area contributed by atoms with Crippen molar-refractivity contribution in [1.29, 1.82) is 0 Å². The van der Waals surface area contributed by atoms with E-state index in [4.69, 9.17) is 17.3 Å². The number of hydrazone groups is 1. The summed E-state index contributed by atoms with van der Waals surface area (Å²) in [5.41, 5.74) is 2.91. The SMILES string of the molecule is C/C(=N\NC(=S)Nc1ccc(C(=O)O)cc1)c1nn(C)c(-c2cccc(C(F)(F)F)c2)c1O. The fourth-order valence-corrected chi connectivity index (χ4v) is 3.13. The molecule has 0 saturated heterocycles. The van der Waals surface area contributed by atoms with Gasteiger partial charge in [-0.3, -0.25) is 10.1 Å². The summed E-state index contributed by atoms with van der Waals surface area (Å²) < 4.78 is 40.4. The summed E-state index contributed by atoms with van der Waals surface area (Å²) in [6.07, 6.45) is -4.52. The number of nitrogens with one attached hydrogen (secondary N) is 2. The van der Waals surface area contributed by atoms with Gasteiger partial charge in [0.2, 0.25) is 0 Å². The van der Waals surface area contributed by atoms with Crippen molar-refractivity contribution in [1.82, 2.24) is 15.2 Å². The Morgan fingerprint density at radius 1 is 1.18 bits per heavy atom. The molecule has 0 saturated carbocycles. The van der Waals surface area contributed by atoms with Crippen molar-refractivity contribution in [3.63, 3.8) is 0 Å². The van der Waals surface area contributed by atoms with Crippen LogP contribution in [0.5, 0.6) is 5.75 Å². The highest BCUT2D eigenvalue weighted by Crippen LogP contribution is 2.36. The lowest BCUT2D eigenvalue weighted by Gasteiger charge is -2.09. The third-order valence-electron chi connectivity index (χ3n) is 4.54. The monoisotopic (exact) mass is 477 g/mol. The van der Waals surface area contributed by atoms with Crippen LogP contribution in [-0.4, -0.2) is 36.8 Å². The van der Waals surface area contributed by atoms with E-state index in [1.807, 2.05) is 0 Å². The molecule has 0 atom stereocenters. The van der Waals surface area contributed by atoms with Crippen molar-refractivity contribution in [3.05, 3.63) is 65.4 Å². The van der Waals surface area contributed by atoms with Gasteiger partial charge in [0.15, 0.2) is 16.6 Å². The maximum Gasteiger partial charge on any atom is 0.416 e. The number of alkyl halides is 3. The molecule has 2 aromatic carbocycles. The maximum atomic E-state index is 13.0. The summed E-state index contributed by atoms with van der Waals surface area (Å²) in [5, 5.41) is 30.7. The second kappa shape index (κ2) is 9.28. The fraction of sp³-hybridized carbons (Fsp3) is 0.143. The van der Waals surface area contributed by atoms with Crippen molar-refractivity contribution in [2.75, 3.05) is 5.32 Å². The molecule has 172 valence electrons. The molecule has 1 heterocycles. The van der Waals surface area contributed by atoms with Crippen molar-refractivity contribution in [2.45, 2.75) is 13.1 Å². The predicted octanol–water partition coefficient (Wildman–Crippen LogP) is 4.22. The van der Waals surface area contributed by atoms with E-state index in [-0.39, 0.29) is 39.1 Å². The summed E-state index contributed by atoms with van der Waals surface area (Å²) >= 11 is 5.14. The van der Waals surface area contributed by atoms with Crippen LogP contribution in [0.1, 0.15) is 28.5 Å². The highest BCUT2D eigenvalue weighted by molar-refractivity contribution is 7.80. The molecule has 8 nitrogen and oxygen atoms in total. The summed E-state index contributed by atoms with van der Waals surface area (Å²) in [7, 11) is 1.49. The number of carbonyl (C=O) groups is 1. The average Bonchev–Trinajstić information content (AvgIpc) is 3.06. The summed E-state index contributed by atoms with van der Waals surface area (Å²) in [6.45, 7) is 1.54. The summed E-state index contributed by atoms with van der Waals surface area (Å²) in [6, 6.07) is 10.4. The second-order valence-corrected chi connectivity index (χ2v) is 7.30. The fourth-order valence-electron chi connectivity index (χ4n) is 2.97. The number of benzene rings is 2. The van der Waals surface area contributed by atoms with Crippen LogP contribution in [-0.2, 0) is 13.2 Å². The molecule has 3 aromatic rings. The molecule has 0 aliphatic heterocycles. The molecular formula is C21H18F3N5O3S. The van der Waals surface area contributed by atoms with Gasteiger partial charge in [-0.15, -0.1) is 0 Å². The van der Waals surface area contributed by atoms with Gasteiger partial charge in [-0.2, -0.15) is 23.4 Å². The van der Waals surface area contributed by atoms with Crippen molar-refractivity contribution in [3.8, 4) is 17.0 Å². The number of aromatic carboxylic acids is 1. The lowest BCUT2D eigenvalue weighted by Crippen LogP contribution is -2.25. The van der Waals surface area contributed by atoms with Gasteiger partial charge in [0.1, 0.15) is 5.69 Å². The molecule has 0 aliphatic rings. The third kappa shape index (κ3) is 5.47. The summed E-state index contributed by atoms with van der Waals surface area (Å²) in [4.78, 5) is 10.9. The van der Waals surface area contributed by atoms with Gasteiger partial charge in [0.25, 0.3) is 0 Å². The topological polar surface area (TPSA) is 112 Å². The number of anilines is 1. The van der Waals surface area contributed by atoms with Crippen LogP contribution in [0.3, 0.4) is 0 Å². The molecule has 0 amide bonds. The number of hydrogen-bond acceptors (Lipinski definition) is 5. The van der Waals surface area contributed by atoms with Crippen LogP contribution in [0.15, 0.2) is 53.6 Å². The first kappa shape index (κ1) is 23.7. The molecule has 1 aromatic heterocycles. The minimum atomic E-state index is -4.52. The number of nitrogens with zero attached hydrogens (tertiary/aromatic N) is 3. The molecule has 3 rings (SSSR count). The molecule has 0 bridgehead atoms. The number of aryl methyl sites for hydroxylation is 1. The van der Waals surface area contributed by atoms with Crippen LogP contribution in [0, 0.1) is 0 Å². The number of hydrogen-bond donors (Lipinski definition) is 4. The number of carboxylic acid groups (broad SMARTS) is 1. The number of rotatable bonds is 5. The van der Waals surface area contributed by atoms with Crippen LogP contribution >= 0.6 is 12.2 Å². The van der Waals surface area contributed by atoms with E-state index in [2.05, 4.69) is 20.9 Å². The molecule has 0 spiro atoms. The number of thiocarbonyl (C=S) groups is 1. The smallest absolute Gasteiger partial charge is 0.416 e. The van der Waals surface area contributed by atoms with Gasteiger partial charge in [0.05, 0.1) is 16.8 Å². The number of halogens is 3. The van der Waals surface area contributed by atoms with Gasteiger partial charge >= 0.3 is 12.1 Å². The first-order chi connectivity index (χ1) is 15.5. The molecular weight excluding hydrogens is 459 g/mol. The zero-order valence-electron chi connectivity index (χ0n) is 17.3. The van der Waals surface area contributed by atoms with Crippen LogP contribution in [0.2, 0.25) is 0 Å². The Morgan fingerprint density at radius 3 is 2.45 bits per heavy atom. The quantitative estimate of drug-likeness (QED) is 0.247. The Bertz CT molecular complexity index is 1240. The van der Waals surface area contributed by atoms with E-state index in [1.54, 1.807) is 0 Å². The highest BCUT2D eigenvalue weighted by atomic mass is 32.1. The second-order valence-electron chi connectivity index (χ2n) is 6.89. The molecule has 0 radical (unpaired) electrons. The first-order valence-corrected chi connectivity index (χ1v) is 9.77. The lowest BCUT2D eigenvalue weighted by atomic mass is 10.1. The van der Waals surface area contributed by atoms with E-state index in [9.17, 15) is 23.1 Å². The molecule has 0 aliphatic carbocycles. The Morgan fingerprint density at radius 2 is 1.85 bits per heavy atom. The van der Waals surface area contributed by atoms with E-state index < -0.39 is 17.7 Å². The van der Waals surface area contributed by atoms with Gasteiger partial charge in [-0.25, -0.2) is 4.79 Å². The zero-order valence-corrected chi connectivity index (χ0v) is 18.1. The highest BCUT2D eigenvalue weighted by Gasteiger charge is 2.31. The number of aromatic hydroxyl groups is 1. The Hall–Kier alpha value is -3.93. The Kier molecular flexibility index (Phi) is 6.68. The Labute approximate surface area is 191 Å². The van der Waals surface area contributed by atoms with E-state index in [0.29, 0.717) is 5.69 Å². The first-order valence-electron chi connectivity index (χ1n) is 9.36. The van der Waals surface area contributed by atoms with Gasteiger partial charge in [0, 0.05) is 18.3 Å². The van der Waals surface area contributed by atoms with Gasteiger partial charge < -0.3 is 15.5 Å². The zero-order chi connectivity index (χ0) is 24.3. The molecule has 33 heavy (non-hydrogen) atoms. The molecule has 12 heteroatoms. The van der Waals surface area contributed by atoms with E-state index in [1.165, 1.54) is 55.1 Å². The Balaban J connectivity index is 1.77. The van der Waals surface area contributed by atoms with E-state index >= 15 is 0 Å². The minimum absolute atomic E-state index is 0.0611. The number of aromatic nitrogens is 2. The largest absolute Gasteiger partial charge is 0.504 e. The molecule has 0 unspecified atom stereocenters. The minimum Gasteiger partial charge on any atom is -0.504 e. The van der Waals surface area contributed by atoms with Crippen LogP contribution in [0.4, 0.5) is 18.9 Å². The van der Waals surface area contributed by atoms with Crippen LogP contribution in [0.25, 0.3) is 11.3 Å². The van der Waals surface area contributed by atoms with Crippen molar-refractivity contribution in [2.24, 2.45) is 12.1 Å². The maximum absolute atomic E-state index is 13.0. The standard InChI is InChI=1S/C21H18F3N5O3S/c1-11(26-27-20(33)25-15-8-6-12(7-9-15)19(31)32)16-18(30)17(29(2)28-16)13-4-3-5-14(10-13)21(22,23)24/h3-10,30H,1-2H3,(H,31,32)(H2,25,27,33)/b26-11+. The van der Waals surface area contributed by atoms with E-state index in [0.717, 1.165) is 12.1 Å². The van der Waals surface area contributed by atoms with Crippen molar-refractivity contribution < 1.29 is 28.2 Å². The third-order valence-corrected chi connectivity index (χ3v) is 4.74. The van der Waals surface area contributed by atoms with Gasteiger partial charge in [-0.1, -0.05) is 12.1 Å². The van der Waals surface area contributed by atoms with Crippen LogP contribution < -0.4 is 10.7 Å². The number of carboxylic acids is 1. The van der Waals surface area contributed by atoms with Crippen molar-refractivity contribution >= 4 is 34.7 Å². The summed E-state index contributed by atoms with van der Waals surface area (Å²) in [5.74, 6) is -1.38. The molecule has 0 fully saturated rings.